The quantitative estimate of drug-likeness (QED) is 0.606. The molecule has 4 heterocycles. The maximum Gasteiger partial charge on any atom is 0.323 e. The number of likely N-dealkylation sites (N-methyl/N-ethyl adjacent to an activating group) is 1. The molecule has 6 nitrogen and oxygen atoms in total. The van der Waals surface area contributed by atoms with Gasteiger partial charge in [0.15, 0.2) is 5.13 Å². The number of rotatable bonds is 3. The monoisotopic (exact) mass is 447 g/mol. The molecule has 2 amide bonds. The third-order valence-corrected chi connectivity index (χ3v) is 7.84. The summed E-state index contributed by atoms with van der Waals surface area (Å²) in [7, 11) is 2.16. The van der Waals surface area contributed by atoms with Crippen LogP contribution in [0.25, 0.3) is 21.7 Å². The van der Waals surface area contributed by atoms with Gasteiger partial charge in [-0.25, -0.2) is 9.78 Å². The van der Waals surface area contributed by atoms with Gasteiger partial charge in [0.05, 0.1) is 10.6 Å². The highest BCUT2D eigenvalue weighted by Gasteiger charge is 2.48. The number of benzene rings is 1. The maximum atomic E-state index is 13.1. The number of aryl methyl sites for hydroxylation is 3. The van der Waals surface area contributed by atoms with Gasteiger partial charge in [0.2, 0.25) is 0 Å². The minimum absolute atomic E-state index is 0.0552. The molecule has 1 aromatic carbocycles. The number of nitrogens with zero attached hydrogens (tertiary/aromatic N) is 4. The molecule has 2 aromatic heterocycles. The Balaban J connectivity index is 1.46. The molecule has 2 aliphatic rings. The SMILES string of the molecule is Cc1cccc(-c2nc(NC(=O)N3CCC4(CCN4C)C3)sc2-c2cc(C)nc(C)c2)c1. The molecule has 166 valence electrons. The van der Waals surface area contributed by atoms with Gasteiger partial charge in [0.25, 0.3) is 0 Å². The van der Waals surface area contributed by atoms with Crippen LogP contribution in [0.15, 0.2) is 36.4 Å². The molecule has 2 aliphatic heterocycles. The molecule has 0 radical (unpaired) electrons. The minimum atomic E-state index is -0.0552. The first-order valence-corrected chi connectivity index (χ1v) is 12.0. The second-order valence-electron chi connectivity index (χ2n) is 9.20. The first kappa shape index (κ1) is 21.1. The molecule has 3 aromatic rings. The van der Waals surface area contributed by atoms with Crippen LogP contribution in [0.3, 0.4) is 0 Å². The van der Waals surface area contributed by atoms with E-state index in [1.165, 1.54) is 23.3 Å². The van der Waals surface area contributed by atoms with Crippen LogP contribution in [0, 0.1) is 20.8 Å². The maximum absolute atomic E-state index is 13.1. The van der Waals surface area contributed by atoms with Crippen LogP contribution in [0.4, 0.5) is 9.93 Å². The van der Waals surface area contributed by atoms with Crippen molar-refractivity contribution in [3.63, 3.8) is 0 Å². The Hall–Kier alpha value is -2.77. The summed E-state index contributed by atoms with van der Waals surface area (Å²) in [6.45, 7) is 8.80. The number of carbonyl (C=O) groups is 1. The molecule has 1 unspecified atom stereocenters. The Morgan fingerprint density at radius 2 is 1.78 bits per heavy atom. The molecule has 0 bridgehead atoms. The van der Waals surface area contributed by atoms with Gasteiger partial charge in [-0.1, -0.05) is 35.1 Å². The van der Waals surface area contributed by atoms with Gasteiger partial charge in [0.1, 0.15) is 0 Å². The highest BCUT2D eigenvalue weighted by molar-refractivity contribution is 7.19. The second kappa shape index (κ2) is 7.98. The van der Waals surface area contributed by atoms with Crippen LogP contribution in [0.2, 0.25) is 0 Å². The molecule has 32 heavy (non-hydrogen) atoms. The van der Waals surface area contributed by atoms with Gasteiger partial charge >= 0.3 is 6.03 Å². The minimum Gasteiger partial charge on any atom is -0.323 e. The zero-order valence-corrected chi connectivity index (χ0v) is 19.9. The number of amides is 2. The fraction of sp³-hybridized carbons (Fsp3) is 0.400. The van der Waals surface area contributed by atoms with E-state index in [-0.39, 0.29) is 11.6 Å². The number of nitrogens with one attached hydrogen (secondary N) is 1. The number of carbonyl (C=O) groups excluding carboxylic acids is 1. The van der Waals surface area contributed by atoms with E-state index in [1.807, 2.05) is 24.8 Å². The van der Waals surface area contributed by atoms with Crippen LogP contribution >= 0.6 is 11.3 Å². The number of anilines is 1. The van der Waals surface area contributed by atoms with Gasteiger partial charge < -0.3 is 4.90 Å². The molecule has 0 aliphatic carbocycles. The molecule has 1 spiro atoms. The Kier molecular flexibility index (Phi) is 5.26. The summed E-state index contributed by atoms with van der Waals surface area (Å²) in [6, 6.07) is 12.5. The van der Waals surface area contributed by atoms with Crippen LogP contribution in [0.5, 0.6) is 0 Å². The Morgan fingerprint density at radius 1 is 1.03 bits per heavy atom. The summed E-state index contributed by atoms with van der Waals surface area (Å²) in [4.78, 5) is 27.8. The molecular weight excluding hydrogens is 418 g/mol. The van der Waals surface area contributed by atoms with Crippen molar-refractivity contribution in [1.82, 2.24) is 19.8 Å². The summed E-state index contributed by atoms with van der Waals surface area (Å²) in [5.74, 6) is 0. The van der Waals surface area contributed by atoms with Crippen molar-refractivity contribution in [3.05, 3.63) is 53.3 Å². The van der Waals surface area contributed by atoms with E-state index < -0.39 is 0 Å². The highest BCUT2D eigenvalue weighted by atomic mass is 32.1. The van der Waals surface area contributed by atoms with Gasteiger partial charge in [-0.15, -0.1) is 0 Å². The molecular formula is C25H29N5OS. The van der Waals surface area contributed by atoms with Crippen molar-refractivity contribution >= 4 is 22.5 Å². The standard InChI is InChI=1S/C25H29N5OS/c1-16-6-5-7-19(12-16)21-22(20-13-17(2)26-18(3)14-20)32-23(27-21)28-24(31)30-11-9-25(15-30)8-10-29(25)4/h5-7,12-14H,8-11,15H2,1-4H3,(H,27,28,31). The lowest BCUT2D eigenvalue weighted by Crippen LogP contribution is -2.59. The number of urea groups is 1. The number of hydrogen-bond donors (Lipinski definition) is 1. The largest absolute Gasteiger partial charge is 0.323 e. The van der Waals surface area contributed by atoms with Crippen molar-refractivity contribution in [2.75, 3.05) is 32.0 Å². The van der Waals surface area contributed by atoms with Crippen molar-refractivity contribution in [1.29, 1.82) is 0 Å². The zero-order chi connectivity index (χ0) is 22.5. The van der Waals surface area contributed by atoms with E-state index in [4.69, 9.17) is 4.98 Å². The summed E-state index contributed by atoms with van der Waals surface area (Å²) < 4.78 is 0. The normalized spacial score (nSPS) is 20.6. The molecule has 5 rings (SSSR count). The summed E-state index contributed by atoms with van der Waals surface area (Å²) in [5.41, 5.74) is 6.35. The summed E-state index contributed by atoms with van der Waals surface area (Å²) >= 11 is 1.53. The predicted molar refractivity (Wildman–Crippen MR) is 130 cm³/mol. The number of aromatic nitrogens is 2. The van der Waals surface area contributed by atoms with Crippen molar-refractivity contribution in [2.45, 2.75) is 39.2 Å². The molecule has 0 saturated carbocycles. The number of hydrogen-bond acceptors (Lipinski definition) is 5. The van der Waals surface area contributed by atoms with Crippen molar-refractivity contribution < 1.29 is 4.79 Å². The second-order valence-corrected chi connectivity index (χ2v) is 10.2. The average molecular weight is 448 g/mol. The number of thiazole rings is 1. The van der Waals surface area contributed by atoms with E-state index >= 15 is 0 Å². The highest BCUT2D eigenvalue weighted by Crippen LogP contribution is 2.41. The van der Waals surface area contributed by atoms with Gasteiger partial charge in [-0.3, -0.25) is 15.2 Å². The fourth-order valence-corrected chi connectivity index (χ4v) is 5.85. The molecule has 1 atom stereocenters. The molecule has 2 saturated heterocycles. The summed E-state index contributed by atoms with van der Waals surface area (Å²) in [6.07, 6.45) is 2.22. The number of pyridine rings is 1. The van der Waals surface area contributed by atoms with Crippen LogP contribution in [-0.4, -0.2) is 58.0 Å². The van der Waals surface area contributed by atoms with E-state index in [1.54, 1.807) is 0 Å². The third kappa shape index (κ3) is 3.80. The zero-order valence-electron chi connectivity index (χ0n) is 19.1. The fourth-order valence-electron chi connectivity index (χ4n) is 4.89. The van der Waals surface area contributed by atoms with E-state index in [9.17, 15) is 4.79 Å². The molecule has 1 N–H and O–H groups in total. The van der Waals surface area contributed by atoms with Crippen molar-refractivity contribution in [2.24, 2.45) is 0 Å². The van der Waals surface area contributed by atoms with Gasteiger partial charge in [-0.2, -0.15) is 0 Å². The lowest BCUT2D eigenvalue weighted by atomic mass is 9.85. The third-order valence-electron chi connectivity index (χ3n) is 6.82. The predicted octanol–water partition coefficient (Wildman–Crippen LogP) is 5.11. The smallest absolute Gasteiger partial charge is 0.323 e. The topological polar surface area (TPSA) is 61.4 Å². The summed E-state index contributed by atoms with van der Waals surface area (Å²) in [5, 5.41) is 3.72. The van der Waals surface area contributed by atoms with Crippen molar-refractivity contribution in [3.8, 4) is 21.7 Å². The average Bonchev–Trinajstić information content (AvgIpc) is 3.38. The van der Waals surface area contributed by atoms with Gasteiger partial charge in [-0.05, 0) is 64.4 Å². The first-order chi connectivity index (χ1) is 15.3. The Morgan fingerprint density at radius 3 is 2.41 bits per heavy atom. The van der Waals surface area contributed by atoms with Crippen LogP contribution in [0.1, 0.15) is 29.8 Å². The molecule has 2 fully saturated rings. The van der Waals surface area contributed by atoms with Crippen LogP contribution < -0.4 is 5.32 Å². The Labute approximate surface area is 193 Å². The van der Waals surface area contributed by atoms with Crippen LogP contribution in [-0.2, 0) is 0 Å². The Bertz CT molecular complexity index is 1170. The molecule has 7 heteroatoms. The van der Waals surface area contributed by atoms with E-state index in [2.05, 4.69) is 59.5 Å². The van der Waals surface area contributed by atoms with Gasteiger partial charge in [0, 0.05) is 42.1 Å². The lowest BCUT2D eigenvalue weighted by molar-refractivity contribution is 0.0227. The number of likely N-dealkylation sites (tertiary alicyclic amines) is 2. The van der Waals surface area contributed by atoms with E-state index in [0.29, 0.717) is 5.13 Å². The van der Waals surface area contributed by atoms with E-state index in [0.717, 1.165) is 59.1 Å². The first-order valence-electron chi connectivity index (χ1n) is 11.1. The lowest BCUT2D eigenvalue weighted by Gasteiger charge is -2.48.